The molecule has 4 rings (SSSR count). The van der Waals surface area contributed by atoms with E-state index < -0.39 is 11.7 Å². The van der Waals surface area contributed by atoms with Crippen LogP contribution in [-0.4, -0.2) is 83.2 Å². The van der Waals surface area contributed by atoms with Gasteiger partial charge < -0.3 is 24.8 Å². The second-order valence-corrected chi connectivity index (χ2v) is 10.4. The lowest BCUT2D eigenvalue weighted by Crippen LogP contribution is -2.54. The van der Waals surface area contributed by atoms with E-state index in [1.807, 2.05) is 56.5 Å². The molecule has 36 heavy (non-hydrogen) atoms. The number of nitrogens with zero attached hydrogens (tertiary/aromatic N) is 5. The summed E-state index contributed by atoms with van der Waals surface area (Å²) in [7, 11) is 0. The Bertz CT molecular complexity index is 1200. The molecule has 0 radical (unpaired) electrons. The lowest BCUT2D eigenvalue weighted by Gasteiger charge is -2.37. The summed E-state index contributed by atoms with van der Waals surface area (Å²) in [5.41, 5.74) is 0.958. The molecule has 1 amide bonds. The van der Waals surface area contributed by atoms with Gasteiger partial charge in [-0.25, -0.2) is 19.2 Å². The first-order valence-corrected chi connectivity index (χ1v) is 12.7. The van der Waals surface area contributed by atoms with Crippen molar-refractivity contribution in [2.45, 2.75) is 46.0 Å². The van der Waals surface area contributed by atoms with Crippen LogP contribution >= 0.6 is 11.6 Å². The maximum atomic E-state index is 12.8. The molecule has 2 N–H and O–H groups in total. The molecule has 2 aliphatic heterocycles. The van der Waals surface area contributed by atoms with Crippen LogP contribution in [0.15, 0.2) is 29.3 Å². The number of alkyl halides is 1. The van der Waals surface area contributed by atoms with E-state index in [9.17, 15) is 9.18 Å². The number of hydrogen-bond acceptors (Lipinski definition) is 7. The molecule has 2 aromatic rings. The maximum Gasteiger partial charge on any atom is 0.407 e. The summed E-state index contributed by atoms with van der Waals surface area (Å²) in [6, 6.07) is 7.57. The van der Waals surface area contributed by atoms with Crippen molar-refractivity contribution in [1.29, 1.82) is 0 Å². The van der Waals surface area contributed by atoms with Gasteiger partial charge in [0.25, 0.3) is 0 Å². The number of aromatic nitrogens is 2. The molecule has 1 aromatic carbocycles. The molecular formula is C25H35ClFN7O2. The Morgan fingerprint density at radius 2 is 1.94 bits per heavy atom. The zero-order chi connectivity index (χ0) is 25.9. The number of ether oxygens (including phenoxy) is 1. The molecule has 3 heterocycles. The number of imidazole rings is 1. The zero-order valence-electron chi connectivity index (χ0n) is 21.4. The Kier molecular flexibility index (Phi) is 8.04. The van der Waals surface area contributed by atoms with E-state index in [0.29, 0.717) is 30.5 Å². The average Bonchev–Trinajstić information content (AvgIpc) is 3.16. The Labute approximate surface area is 216 Å². The maximum absolute atomic E-state index is 12.8. The molecule has 0 spiro atoms. The molecule has 9 nitrogen and oxygen atoms in total. The van der Waals surface area contributed by atoms with Crippen molar-refractivity contribution in [2.24, 2.45) is 4.99 Å². The summed E-state index contributed by atoms with van der Waals surface area (Å²) in [6.07, 6.45) is -0.633. The fourth-order valence-electron chi connectivity index (χ4n) is 4.42. The zero-order valence-corrected chi connectivity index (χ0v) is 22.1. The van der Waals surface area contributed by atoms with Crippen LogP contribution in [0.5, 0.6) is 0 Å². The normalized spacial score (nSPS) is 18.3. The van der Waals surface area contributed by atoms with E-state index in [2.05, 4.69) is 20.4 Å². The smallest absolute Gasteiger partial charge is 0.407 e. The predicted octanol–water partition coefficient (Wildman–Crippen LogP) is 1.95. The van der Waals surface area contributed by atoms with E-state index in [0.717, 1.165) is 48.4 Å². The Morgan fingerprint density at radius 1 is 1.22 bits per heavy atom. The van der Waals surface area contributed by atoms with Crippen molar-refractivity contribution in [3.8, 4) is 11.4 Å². The van der Waals surface area contributed by atoms with Crippen LogP contribution < -0.4 is 21.5 Å². The third kappa shape index (κ3) is 6.10. The number of carbonyl (C=O) groups is 1. The highest BCUT2D eigenvalue weighted by Gasteiger charge is 2.26. The summed E-state index contributed by atoms with van der Waals surface area (Å²) < 4.78 is 20.2. The molecule has 2 aliphatic rings. The highest BCUT2D eigenvalue weighted by Crippen LogP contribution is 2.25. The van der Waals surface area contributed by atoms with Gasteiger partial charge in [-0.15, -0.1) is 0 Å². The van der Waals surface area contributed by atoms with E-state index in [1.54, 1.807) is 0 Å². The summed E-state index contributed by atoms with van der Waals surface area (Å²) in [5, 5.41) is 7.64. The number of amides is 1. The first-order chi connectivity index (χ1) is 17.2. The Balaban J connectivity index is 1.70. The number of benzene rings is 1. The van der Waals surface area contributed by atoms with Gasteiger partial charge in [0, 0.05) is 51.4 Å². The minimum Gasteiger partial charge on any atom is -0.444 e. The van der Waals surface area contributed by atoms with Crippen LogP contribution in [-0.2, 0) is 11.3 Å². The van der Waals surface area contributed by atoms with Crippen LogP contribution in [0, 0.1) is 0 Å². The molecule has 0 saturated carbocycles. The van der Waals surface area contributed by atoms with Gasteiger partial charge in [-0.2, -0.15) is 0 Å². The lowest BCUT2D eigenvalue weighted by molar-refractivity contribution is 0.0526. The first-order valence-electron chi connectivity index (χ1n) is 12.4. The monoisotopic (exact) mass is 519 g/mol. The molecule has 0 bridgehead atoms. The summed E-state index contributed by atoms with van der Waals surface area (Å²) in [5.74, 6) is 1.60. The number of fused-ring (bicyclic) bond motifs is 1. The molecule has 196 valence electrons. The van der Waals surface area contributed by atoms with Gasteiger partial charge in [0.2, 0.25) is 0 Å². The third-order valence-corrected chi connectivity index (χ3v) is 6.36. The minimum atomic E-state index is -0.574. The Hall–Kier alpha value is -2.85. The summed E-state index contributed by atoms with van der Waals surface area (Å²) >= 11 is 6.57. The second kappa shape index (κ2) is 11.0. The van der Waals surface area contributed by atoms with Crippen LogP contribution in [0.25, 0.3) is 17.2 Å². The molecule has 1 atom stereocenters. The summed E-state index contributed by atoms with van der Waals surface area (Å²) in [4.78, 5) is 26.5. The number of nitrogens with one attached hydrogen (secondary N) is 2. The number of rotatable bonds is 7. The van der Waals surface area contributed by atoms with Crippen molar-refractivity contribution in [1.82, 2.24) is 30.0 Å². The molecule has 1 aromatic heterocycles. The fourth-order valence-corrected chi connectivity index (χ4v) is 4.64. The predicted molar refractivity (Wildman–Crippen MR) is 138 cm³/mol. The average molecular weight is 520 g/mol. The number of piperazine rings is 1. The molecular weight excluding hydrogens is 485 g/mol. The van der Waals surface area contributed by atoms with Crippen LogP contribution in [0.1, 0.15) is 27.7 Å². The highest BCUT2D eigenvalue weighted by atomic mass is 35.5. The molecule has 1 unspecified atom stereocenters. The second-order valence-electron chi connectivity index (χ2n) is 9.98. The van der Waals surface area contributed by atoms with Crippen LogP contribution in [0.3, 0.4) is 0 Å². The minimum absolute atomic E-state index is 0.162. The molecule has 1 fully saturated rings. The van der Waals surface area contributed by atoms with Gasteiger partial charge in [0.1, 0.15) is 35.4 Å². The number of hydrogen-bond donors (Lipinski definition) is 2. The van der Waals surface area contributed by atoms with Crippen molar-refractivity contribution in [3.05, 3.63) is 40.1 Å². The largest absolute Gasteiger partial charge is 0.444 e. The third-order valence-electron chi connectivity index (χ3n) is 6.03. The number of alkyl carbamates (subject to hydrolysis) is 1. The van der Waals surface area contributed by atoms with Gasteiger partial charge in [0.15, 0.2) is 5.49 Å². The lowest BCUT2D eigenvalue weighted by atomic mass is 10.2. The standard InChI is InChI=1S/C25H35ClFN7O2/c1-17-29-22(33-15-13-32(11-9-27)14-16-33)20-23(30-17)34(12-10-28-24(35)36-25(2,3)4)21(31-20)18-7-5-6-8-19(18)26/h5-8,17,29H,9-16H2,1-4H3,(H,28,35). The van der Waals surface area contributed by atoms with Gasteiger partial charge >= 0.3 is 6.09 Å². The van der Waals surface area contributed by atoms with E-state index in [-0.39, 0.29) is 12.8 Å². The van der Waals surface area contributed by atoms with Gasteiger partial charge in [0.05, 0.1) is 5.02 Å². The molecule has 1 saturated heterocycles. The van der Waals surface area contributed by atoms with Crippen molar-refractivity contribution < 1.29 is 13.9 Å². The number of carbonyl (C=O) groups excluding carboxylic acids is 1. The quantitative estimate of drug-likeness (QED) is 0.581. The SMILES string of the molecule is CC1N=c2c(nc(-c3ccccc3Cl)n2CCNC(=O)OC(C)(C)C)=C(N2CCN(CCF)CC2)N1. The molecule has 0 aliphatic carbocycles. The van der Waals surface area contributed by atoms with Gasteiger partial charge in [-0.3, -0.25) is 4.90 Å². The topological polar surface area (TPSA) is 87.0 Å². The fraction of sp³-hybridized carbons (Fsp3) is 0.560. The Morgan fingerprint density at radius 3 is 2.61 bits per heavy atom. The number of halogens is 2. The first kappa shape index (κ1) is 26.2. The van der Waals surface area contributed by atoms with E-state index in [4.69, 9.17) is 26.3 Å². The highest BCUT2D eigenvalue weighted by molar-refractivity contribution is 6.33. The van der Waals surface area contributed by atoms with Crippen LogP contribution in [0.4, 0.5) is 9.18 Å². The summed E-state index contributed by atoms with van der Waals surface area (Å²) in [6.45, 7) is 11.5. The van der Waals surface area contributed by atoms with Crippen molar-refractivity contribution in [2.75, 3.05) is 45.9 Å². The molecule has 11 heteroatoms. The van der Waals surface area contributed by atoms with Gasteiger partial charge in [-0.1, -0.05) is 23.7 Å². The van der Waals surface area contributed by atoms with Gasteiger partial charge in [-0.05, 0) is 39.8 Å². The van der Waals surface area contributed by atoms with E-state index >= 15 is 0 Å². The van der Waals surface area contributed by atoms with Crippen molar-refractivity contribution >= 4 is 23.5 Å². The van der Waals surface area contributed by atoms with E-state index in [1.165, 1.54) is 0 Å². The van der Waals surface area contributed by atoms with Crippen molar-refractivity contribution in [3.63, 3.8) is 0 Å². The van der Waals surface area contributed by atoms with Crippen LogP contribution in [0.2, 0.25) is 5.02 Å².